The molecule has 1 aromatic heterocycles. The lowest BCUT2D eigenvalue weighted by Crippen LogP contribution is -2.06. The van der Waals surface area contributed by atoms with Crippen LogP contribution in [-0.4, -0.2) is 26.2 Å². The molecule has 0 saturated carbocycles. The molecule has 2 N–H and O–H groups in total. The molecule has 6 nitrogen and oxygen atoms in total. The Labute approximate surface area is 163 Å². The number of hydrogen-bond donors (Lipinski definition) is 2. The Morgan fingerprint density at radius 1 is 1.30 bits per heavy atom. The number of hydrogen-bond acceptors (Lipinski definition) is 5. The van der Waals surface area contributed by atoms with E-state index in [1.807, 2.05) is 19.1 Å². The molecule has 3 rings (SSSR count). The largest absolute Gasteiger partial charge is 0.508 e. The van der Waals surface area contributed by atoms with Gasteiger partial charge in [0.25, 0.3) is 0 Å². The summed E-state index contributed by atoms with van der Waals surface area (Å²) in [5.41, 5.74) is 3.03. The fourth-order valence-electron chi connectivity index (χ4n) is 2.65. The molecular formula is C20H22N4O2S. The van der Waals surface area contributed by atoms with Crippen LogP contribution in [0.4, 0.5) is 0 Å². The van der Waals surface area contributed by atoms with Crippen LogP contribution in [0, 0.1) is 11.7 Å². The third kappa shape index (κ3) is 4.62. The van der Waals surface area contributed by atoms with Crippen molar-refractivity contribution < 1.29 is 9.84 Å². The van der Waals surface area contributed by atoms with Gasteiger partial charge >= 0.3 is 0 Å². The number of nitrogens with one attached hydrogen (secondary N) is 1. The molecule has 0 atom stereocenters. The van der Waals surface area contributed by atoms with Gasteiger partial charge in [0.15, 0.2) is 5.82 Å². The predicted molar refractivity (Wildman–Crippen MR) is 108 cm³/mol. The highest BCUT2D eigenvalue weighted by Gasteiger charge is 2.11. The fraction of sp³-hybridized carbons (Fsp3) is 0.250. The van der Waals surface area contributed by atoms with E-state index >= 15 is 0 Å². The molecule has 0 aliphatic rings. The topological polar surface area (TPSA) is 75.4 Å². The van der Waals surface area contributed by atoms with Crippen LogP contribution < -0.4 is 4.74 Å². The van der Waals surface area contributed by atoms with Crippen molar-refractivity contribution >= 4 is 18.4 Å². The molecule has 27 heavy (non-hydrogen) atoms. The summed E-state index contributed by atoms with van der Waals surface area (Å²) in [6, 6.07) is 13.0. The number of ether oxygens (including phenoxy) is 1. The van der Waals surface area contributed by atoms with Gasteiger partial charge in [-0.1, -0.05) is 38.1 Å². The van der Waals surface area contributed by atoms with Crippen molar-refractivity contribution in [2.45, 2.75) is 33.3 Å². The zero-order chi connectivity index (χ0) is 19.4. The molecule has 140 valence electrons. The van der Waals surface area contributed by atoms with Crippen molar-refractivity contribution in [3.8, 4) is 11.5 Å². The van der Waals surface area contributed by atoms with Crippen molar-refractivity contribution in [3.63, 3.8) is 0 Å². The molecule has 1 heterocycles. The second kappa shape index (κ2) is 8.18. The van der Waals surface area contributed by atoms with E-state index in [9.17, 15) is 5.11 Å². The standard InChI is InChI=1S/C20H22N4O2S/c1-13(2)17-8-7-14(3)9-18(17)26-12-19-22-23-20(27)24(19)21-11-15-5-4-6-16(25)10-15/h4-11,13,25H,12H2,1-3H3,(H,23,27)/b21-11-. The molecule has 0 saturated heterocycles. The van der Waals surface area contributed by atoms with Gasteiger partial charge in [-0.2, -0.15) is 14.9 Å². The summed E-state index contributed by atoms with van der Waals surface area (Å²) < 4.78 is 7.92. The van der Waals surface area contributed by atoms with E-state index in [4.69, 9.17) is 17.0 Å². The molecular weight excluding hydrogens is 360 g/mol. The monoisotopic (exact) mass is 382 g/mol. The maximum Gasteiger partial charge on any atom is 0.216 e. The average molecular weight is 382 g/mol. The predicted octanol–water partition coefficient (Wildman–Crippen LogP) is 4.54. The number of aryl methyl sites for hydroxylation is 1. The molecule has 0 bridgehead atoms. The van der Waals surface area contributed by atoms with Gasteiger partial charge in [0.05, 0.1) is 6.21 Å². The second-order valence-electron chi connectivity index (χ2n) is 6.58. The summed E-state index contributed by atoms with van der Waals surface area (Å²) in [4.78, 5) is 0. The Balaban J connectivity index is 1.82. The van der Waals surface area contributed by atoms with Crippen molar-refractivity contribution in [1.29, 1.82) is 0 Å². The minimum absolute atomic E-state index is 0.180. The van der Waals surface area contributed by atoms with E-state index in [0.717, 1.165) is 22.4 Å². The van der Waals surface area contributed by atoms with Crippen LogP contribution in [0.3, 0.4) is 0 Å². The molecule has 0 fully saturated rings. The van der Waals surface area contributed by atoms with Gasteiger partial charge in [-0.05, 0) is 59.9 Å². The van der Waals surface area contributed by atoms with Gasteiger partial charge in [-0.3, -0.25) is 0 Å². The SMILES string of the molecule is Cc1ccc(C(C)C)c(OCc2n[nH]c(=S)n2/N=C\c2cccc(O)c2)c1. The first-order chi connectivity index (χ1) is 12.9. The van der Waals surface area contributed by atoms with Crippen molar-refractivity contribution in [3.05, 3.63) is 69.8 Å². The average Bonchev–Trinajstić information content (AvgIpc) is 2.98. The molecule has 0 aliphatic carbocycles. The van der Waals surface area contributed by atoms with Gasteiger partial charge in [0.1, 0.15) is 18.1 Å². The smallest absolute Gasteiger partial charge is 0.216 e. The summed E-state index contributed by atoms with van der Waals surface area (Å²) in [5.74, 6) is 1.93. The molecule has 0 radical (unpaired) electrons. The van der Waals surface area contributed by atoms with Crippen molar-refractivity contribution in [2.24, 2.45) is 5.10 Å². The highest BCUT2D eigenvalue weighted by molar-refractivity contribution is 7.71. The maximum absolute atomic E-state index is 9.56. The minimum Gasteiger partial charge on any atom is -0.508 e. The first-order valence-corrected chi connectivity index (χ1v) is 9.08. The third-order valence-corrected chi connectivity index (χ3v) is 4.32. The number of benzene rings is 2. The van der Waals surface area contributed by atoms with E-state index < -0.39 is 0 Å². The van der Waals surface area contributed by atoms with Crippen LogP contribution in [0.5, 0.6) is 11.5 Å². The summed E-state index contributed by atoms with van der Waals surface area (Å²) in [5, 5.41) is 20.9. The quantitative estimate of drug-likeness (QED) is 0.485. The van der Waals surface area contributed by atoms with Gasteiger partial charge < -0.3 is 9.84 Å². The Morgan fingerprint density at radius 3 is 2.85 bits per heavy atom. The van der Waals surface area contributed by atoms with Crippen LogP contribution in [-0.2, 0) is 6.61 Å². The first kappa shape index (κ1) is 18.8. The van der Waals surface area contributed by atoms with E-state index in [0.29, 0.717) is 16.5 Å². The number of aromatic amines is 1. The third-order valence-electron chi connectivity index (χ3n) is 4.06. The summed E-state index contributed by atoms with van der Waals surface area (Å²) in [7, 11) is 0. The lowest BCUT2D eigenvalue weighted by molar-refractivity contribution is 0.286. The number of aromatic hydroxyl groups is 1. The summed E-state index contributed by atoms with van der Waals surface area (Å²) in [6.45, 7) is 6.53. The molecule has 7 heteroatoms. The number of aromatic nitrogens is 3. The van der Waals surface area contributed by atoms with Gasteiger partial charge in [-0.25, -0.2) is 5.10 Å². The molecule has 2 aromatic carbocycles. The number of phenols is 1. The van der Waals surface area contributed by atoms with Gasteiger partial charge in [0, 0.05) is 0 Å². The van der Waals surface area contributed by atoms with E-state index in [1.165, 1.54) is 4.68 Å². The van der Waals surface area contributed by atoms with Crippen LogP contribution in [0.1, 0.15) is 42.3 Å². The van der Waals surface area contributed by atoms with Crippen LogP contribution in [0.25, 0.3) is 0 Å². The van der Waals surface area contributed by atoms with E-state index in [1.54, 1.807) is 24.4 Å². The normalized spacial score (nSPS) is 11.4. The molecule has 0 aliphatic heterocycles. The summed E-state index contributed by atoms with van der Waals surface area (Å²) in [6.07, 6.45) is 1.61. The van der Waals surface area contributed by atoms with Gasteiger partial charge in [0.2, 0.25) is 4.77 Å². The number of phenolic OH excluding ortho intramolecular Hbond substituents is 1. The minimum atomic E-state index is 0.180. The lowest BCUT2D eigenvalue weighted by atomic mass is 10.0. The highest BCUT2D eigenvalue weighted by atomic mass is 32.1. The van der Waals surface area contributed by atoms with E-state index in [2.05, 4.69) is 41.3 Å². The van der Waals surface area contributed by atoms with E-state index in [-0.39, 0.29) is 12.4 Å². The van der Waals surface area contributed by atoms with Crippen LogP contribution in [0.15, 0.2) is 47.6 Å². The molecule has 0 unspecified atom stereocenters. The van der Waals surface area contributed by atoms with Crippen LogP contribution >= 0.6 is 12.2 Å². The summed E-state index contributed by atoms with van der Waals surface area (Å²) >= 11 is 5.26. The Morgan fingerprint density at radius 2 is 2.11 bits per heavy atom. The Kier molecular flexibility index (Phi) is 5.71. The van der Waals surface area contributed by atoms with Crippen LogP contribution in [0.2, 0.25) is 0 Å². The zero-order valence-corrected chi connectivity index (χ0v) is 16.3. The van der Waals surface area contributed by atoms with Crippen molar-refractivity contribution in [2.75, 3.05) is 0 Å². The Bertz CT molecular complexity index is 1020. The van der Waals surface area contributed by atoms with Gasteiger partial charge in [-0.15, -0.1) is 0 Å². The number of nitrogens with zero attached hydrogens (tertiary/aromatic N) is 3. The number of rotatable bonds is 6. The molecule has 3 aromatic rings. The molecule has 0 amide bonds. The highest BCUT2D eigenvalue weighted by Crippen LogP contribution is 2.28. The zero-order valence-electron chi connectivity index (χ0n) is 15.5. The Hall–Kier alpha value is -2.93. The first-order valence-electron chi connectivity index (χ1n) is 8.67. The maximum atomic E-state index is 9.56. The van der Waals surface area contributed by atoms with Crippen molar-refractivity contribution in [1.82, 2.24) is 14.9 Å². The fourth-order valence-corrected chi connectivity index (χ4v) is 2.85. The molecule has 0 spiro atoms. The lowest BCUT2D eigenvalue weighted by Gasteiger charge is -2.14. The number of H-pyrrole nitrogens is 1. The second-order valence-corrected chi connectivity index (χ2v) is 6.97.